The zero-order valence-corrected chi connectivity index (χ0v) is 8.94. The standard InChI is InChI=1S/C7H3BrF2N2O4/c8-5-3(12(15)16)1-2(7(13)14)4(11-5)6(9)10/h1,6H,(H,13,14). The first-order chi connectivity index (χ1) is 7.34. The van der Waals surface area contributed by atoms with Crippen LogP contribution in [0.1, 0.15) is 22.5 Å². The highest BCUT2D eigenvalue weighted by molar-refractivity contribution is 9.10. The second-order valence-corrected chi connectivity index (χ2v) is 3.35. The number of aromatic nitrogens is 1. The van der Waals surface area contributed by atoms with Crippen molar-refractivity contribution in [1.82, 2.24) is 4.98 Å². The fourth-order valence-electron chi connectivity index (χ4n) is 0.959. The first-order valence-electron chi connectivity index (χ1n) is 3.71. The van der Waals surface area contributed by atoms with Crippen LogP contribution in [0.4, 0.5) is 14.5 Å². The normalized spacial score (nSPS) is 10.5. The third kappa shape index (κ3) is 2.30. The molecule has 0 saturated carbocycles. The Morgan fingerprint density at radius 2 is 2.19 bits per heavy atom. The second-order valence-electron chi connectivity index (χ2n) is 2.59. The Hall–Kier alpha value is -1.64. The van der Waals surface area contributed by atoms with Crippen molar-refractivity contribution in [2.45, 2.75) is 6.43 Å². The number of hydrogen-bond donors (Lipinski definition) is 1. The number of pyridine rings is 1. The van der Waals surface area contributed by atoms with Crippen molar-refractivity contribution in [2.24, 2.45) is 0 Å². The second kappa shape index (κ2) is 4.47. The van der Waals surface area contributed by atoms with Gasteiger partial charge in [-0.2, -0.15) is 0 Å². The minimum Gasteiger partial charge on any atom is -0.478 e. The van der Waals surface area contributed by atoms with Crippen LogP contribution in [0.2, 0.25) is 0 Å². The topological polar surface area (TPSA) is 93.3 Å². The van der Waals surface area contributed by atoms with Crippen LogP contribution >= 0.6 is 15.9 Å². The molecule has 1 aromatic heterocycles. The van der Waals surface area contributed by atoms with E-state index in [1.54, 1.807) is 0 Å². The SMILES string of the molecule is O=C(O)c1cc([N+](=O)[O-])c(Br)nc1C(F)F. The number of carbonyl (C=O) groups is 1. The van der Waals surface area contributed by atoms with E-state index in [0.717, 1.165) is 0 Å². The van der Waals surface area contributed by atoms with E-state index in [2.05, 4.69) is 20.9 Å². The number of carboxylic acids is 1. The molecule has 0 unspecified atom stereocenters. The molecular weight excluding hydrogens is 294 g/mol. The van der Waals surface area contributed by atoms with Gasteiger partial charge in [0.15, 0.2) is 4.60 Å². The average molecular weight is 297 g/mol. The van der Waals surface area contributed by atoms with Gasteiger partial charge in [0.25, 0.3) is 6.43 Å². The van der Waals surface area contributed by atoms with Crippen molar-refractivity contribution >= 4 is 27.6 Å². The molecule has 1 N–H and O–H groups in total. The predicted octanol–water partition coefficient (Wildman–Crippen LogP) is 2.39. The summed E-state index contributed by atoms with van der Waals surface area (Å²) in [5.41, 5.74) is -2.57. The van der Waals surface area contributed by atoms with E-state index in [1.165, 1.54) is 0 Å². The quantitative estimate of drug-likeness (QED) is 0.525. The summed E-state index contributed by atoms with van der Waals surface area (Å²) in [6, 6.07) is 0.543. The minimum absolute atomic E-state index is 0.433. The Kier molecular flexibility index (Phi) is 3.48. The van der Waals surface area contributed by atoms with E-state index in [0.29, 0.717) is 6.07 Å². The van der Waals surface area contributed by atoms with Crippen LogP contribution < -0.4 is 0 Å². The Labute approximate surface area is 95.2 Å². The van der Waals surface area contributed by atoms with Gasteiger partial charge in [0, 0.05) is 6.07 Å². The van der Waals surface area contributed by atoms with Crippen LogP contribution in [-0.2, 0) is 0 Å². The molecule has 1 heterocycles. The maximum atomic E-state index is 12.4. The summed E-state index contributed by atoms with van der Waals surface area (Å²) in [6.45, 7) is 0. The van der Waals surface area contributed by atoms with E-state index in [1.807, 2.05) is 0 Å². The molecule has 6 nitrogen and oxygen atoms in total. The number of rotatable bonds is 3. The smallest absolute Gasteiger partial charge is 0.338 e. The lowest BCUT2D eigenvalue weighted by atomic mass is 10.2. The van der Waals surface area contributed by atoms with Gasteiger partial charge in [-0.3, -0.25) is 10.1 Å². The molecule has 0 atom stereocenters. The van der Waals surface area contributed by atoms with Crippen molar-refractivity contribution < 1.29 is 23.6 Å². The van der Waals surface area contributed by atoms with E-state index in [9.17, 15) is 23.7 Å². The average Bonchev–Trinajstić information content (AvgIpc) is 2.15. The molecule has 86 valence electrons. The lowest BCUT2D eigenvalue weighted by molar-refractivity contribution is -0.386. The molecule has 0 fully saturated rings. The summed E-state index contributed by atoms with van der Waals surface area (Å²) >= 11 is 2.62. The fraction of sp³-hybridized carbons (Fsp3) is 0.143. The number of halogens is 3. The minimum atomic E-state index is -3.12. The largest absolute Gasteiger partial charge is 0.478 e. The zero-order chi connectivity index (χ0) is 12.5. The molecule has 0 amide bonds. The molecular formula is C7H3BrF2N2O4. The zero-order valence-electron chi connectivity index (χ0n) is 7.35. The number of nitrogens with zero attached hydrogens (tertiary/aromatic N) is 2. The Morgan fingerprint density at radius 3 is 2.56 bits per heavy atom. The molecule has 0 radical (unpaired) electrons. The van der Waals surface area contributed by atoms with Gasteiger partial charge < -0.3 is 5.11 Å². The van der Waals surface area contributed by atoms with Crippen molar-refractivity contribution in [3.05, 3.63) is 32.0 Å². The van der Waals surface area contributed by atoms with E-state index in [-0.39, 0.29) is 0 Å². The predicted molar refractivity (Wildman–Crippen MR) is 50.5 cm³/mol. The van der Waals surface area contributed by atoms with Crippen molar-refractivity contribution in [3.8, 4) is 0 Å². The number of aromatic carboxylic acids is 1. The Balaban J connectivity index is 3.49. The number of nitro groups is 1. The fourth-order valence-corrected chi connectivity index (χ4v) is 1.41. The molecule has 0 bridgehead atoms. The van der Waals surface area contributed by atoms with E-state index < -0.39 is 38.9 Å². The molecule has 0 aliphatic heterocycles. The summed E-state index contributed by atoms with van der Waals surface area (Å²) in [5.74, 6) is -1.70. The van der Waals surface area contributed by atoms with Gasteiger partial charge in [-0.05, 0) is 15.9 Å². The Morgan fingerprint density at radius 1 is 1.62 bits per heavy atom. The van der Waals surface area contributed by atoms with Crippen LogP contribution in [0, 0.1) is 10.1 Å². The molecule has 0 aliphatic carbocycles. The van der Waals surface area contributed by atoms with E-state index in [4.69, 9.17) is 5.11 Å². The summed E-state index contributed by atoms with van der Waals surface area (Å²) in [7, 11) is 0. The number of hydrogen-bond acceptors (Lipinski definition) is 4. The molecule has 0 spiro atoms. The maximum Gasteiger partial charge on any atom is 0.338 e. The van der Waals surface area contributed by atoms with Crippen LogP contribution in [-0.4, -0.2) is 21.0 Å². The first-order valence-corrected chi connectivity index (χ1v) is 4.50. The van der Waals surface area contributed by atoms with Gasteiger partial charge in [0.2, 0.25) is 0 Å². The van der Waals surface area contributed by atoms with Gasteiger partial charge in [-0.1, -0.05) is 0 Å². The maximum absolute atomic E-state index is 12.4. The summed E-state index contributed by atoms with van der Waals surface area (Å²) < 4.78 is 24.3. The van der Waals surface area contributed by atoms with Gasteiger partial charge in [-0.15, -0.1) is 0 Å². The molecule has 1 rings (SSSR count). The van der Waals surface area contributed by atoms with Gasteiger partial charge in [-0.25, -0.2) is 18.6 Å². The Bertz CT molecular complexity index is 466. The lowest BCUT2D eigenvalue weighted by Crippen LogP contribution is -2.07. The molecule has 0 aliphatic rings. The molecule has 1 aromatic rings. The molecule has 16 heavy (non-hydrogen) atoms. The third-order valence-electron chi connectivity index (χ3n) is 1.62. The highest BCUT2D eigenvalue weighted by Crippen LogP contribution is 2.29. The summed E-state index contributed by atoms with van der Waals surface area (Å²) in [4.78, 5) is 23.3. The molecule has 0 saturated heterocycles. The van der Waals surface area contributed by atoms with Crippen molar-refractivity contribution in [1.29, 1.82) is 0 Å². The summed E-state index contributed by atoms with van der Waals surface area (Å²) in [5, 5.41) is 19.0. The first kappa shape index (κ1) is 12.4. The van der Waals surface area contributed by atoms with Crippen LogP contribution in [0.15, 0.2) is 10.7 Å². The number of alkyl halides is 2. The highest BCUT2D eigenvalue weighted by atomic mass is 79.9. The van der Waals surface area contributed by atoms with E-state index >= 15 is 0 Å². The van der Waals surface area contributed by atoms with Crippen LogP contribution in [0.5, 0.6) is 0 Å². The monoisotopic (exact) mass is 296 g/mol. The lowest BCUT2D eigenvalue weighted by Gasteiger charge is -2.04. The van der Waals surface area contributed by atoms with Crippen LogP contribution in [0.3, 0.4) is 0 Å². The van der Waals surface area contributed by atoms with Gasteiger partial charge in [0.1, 0.15) is 5.69 Å². The number of carboxylic acid groups (broad SMARTS) is 1. The molecule has 0 aromatic carbocycles. The van der Waals surface area contributed by atoms with Gasteiger partial charge in [0.05, 0.1) is 10.5 Å². The van der Waals surface area contributed by atoms with Crippen molar-refractivity contribution in [2.75, 3.05) is 0 Å². The van der Waals surface area contributed by atoms with Crippen LogP contribution in [0.25, 0.3) is 0 Å². The third-order valence-corrected chi connectivity index (χ3v) is 2.20. The van der Waals surface area contributed by atoms with Crippen molar-refractivity contribution in [3.63, 3.8) is 0 Å². The summed E-state index contributed by atoms with van der Waals surface area (Å²) in [6.07, 6.45) is -3.12. The van der Waals surface area contributed by atoms with Gasteiger partial charge >= 0.3 is 11.7 Å². The molecule has 9 heteroatoms. The highest BCUT2D eigenvalue weighted by Gasteiger charge is 2.26.